The molecular formula is C19H23NO. The first-order chi connectivity index (χ1) is 10.2. The van der Waals surface area contributed by atoms with Crippen LogP contribution >= 0.6 is 0 Å². The molecule has 0 bridgehead atoms. The Kier molecular flexibility index (Phi) is 4.09. The highest BCUT2D eigenvalue weighted by atomic mass is 16.3. The smallest absolute Gasteiger partial charge is 0.0445 e. The Balaban J connectivity index is 1.80. The third kappa shape index (κ3) is 2.87. The zero-order valence-corrected chi connectivity index (χ0v) is 12.8. The molecule has 0 saturated carbocycles. The topological polar surface area (TPSA) is 32.3 Å². The summed E-state index contributed by atoms with van der Waals surface area (Å²) in [6.07, 6.45) is 1.83. The number of rotatable bonds is 5. The maximum atomic E-state index is 9.01. The molecule has 2 unspecified atom stereocenters. The van der Waals surface area contributed by atoms with E-state index in [1.54, 1.807) is 0 Å². The maximum absolute atomic E-state index is 9.01. The van der Waals surface area contributed by atoms with Crippen molar-refractivity contribution in [3.63, 3.8) is 0 Å². The van der Waals surface area contributed by atoms with Gasteiger partial charge in [0.05, 0.1) is 0 Å². The Morgan fingerprint density at radius 2 is 1.81 bits per heavy atom. The summed E-state index contributed by atoms with van der Waals surface area (Å²) in [5, 5.41) is 12.6. The minimum atomic E-state index is 0.236. The highest BCUT2D eigenvalue weighted by Crippen LogP contribution is 2.37. The third-order valence-electron chi connectivity index (χ3n) is 4.41. The quantitative estimate of drug-likeness (QED) is 0.747. The predicted octanol–water partition coefficient (Wildman–Crippen LogP) is 3.68. The maximum Gasteiger partial charge on any atom is 0.0445 e. The van der Waals surface area contributed by atoms with Crippen molar-refractivity contribution >= 4 is 0 Å². The van der Waals surface area contributed by atoms with Crippen molar-refractivity contribution in [2.24, 2.45) is 0 Å². The molecule has 2 heteroatoms. The lowest BCUT2D eigenvalue weighted by molar-refractivity contribution is 0.264. The second-order valence-corrected chi connectivity index (χ2v) is 6.05. The average Bonchev–Trinajstić information content (AvgIpc) is 2.85. The van der Waals surface area contributed by atoms with Gasteiger partial charge in [-0.2, -0.15) is 0 Å². The molecule has 2 nitrogen and oxygen atoms in total. The number of aliphatic hydroxyl groups is 1. The standard InChI is InChI=1S/C19H23NO/c1-13(9-10-21)20-14(2)15-7-8-19-17(11-15)12-16-5-3-4-6-18(16)19/h3-8,11,13-14,20-21H,9-10,12H2,1-2H3. The van der Waals surface area contributed by atoms with E-state index in [9.17, 15) is 0 Å². The van der Waals surface area contributed by atoms with E-state index < -0.39 is 0 Å². The van der Waals surface area contributed by atoms with E-state index >= 15 is 0 Å². The van der Waals surface area contributed by atoms with E-state index in [2.05, 4.69) is 61.6 Å². The first-order valence-electron chi connectivity index (χ1n) is 7.77. The van der Waals surface area contributed by atoms with Crippen LogP contribution in [0.5, 0.6) is 0 Å². The lowest BCUT2D eigenvalue weighted by atomic mass is 9.99. The van der Waals surface area contributed by atoms with Crippen LogP contribution in [0.25, 0.3) is 11.1 Å². The number of nitrogens with one attached hydrogen (secondary N) is 1. The second-order valence-electron chi connectivity index (χ2n) is 6.05. The van der Waals surface area contributed by atoms with Gasteiger partial charge in [-0.25, -0.2) is 0 Å². The van der Waals surface area contributed by atoms with Gasteiger partial charge in [0.1, 0.15) is 0 Å². The molecule has 0 amide bonds. The van der Waals surface area contributed by atoms with Crippen molar-refractivity contribution in [3.8, 4) is 11.1 Å². The molecule has 0 aliphatic heterocycles. The Morgan fingerprint density at radius 3 is 2.62 bits per heavy atom. The van der Waals surface area contributed by atoms with Crippen molar-refractivity contribution in [1.29, 1.82) is 0 Å². The highest BCUT2D eigenvalue weighted by Gasteiger charge is 2.19. The zero-order valence-electron chi connectivity index (χ0n) is 12.8. The zero-order chi connectivity index (χ0) is 14.8. The van der Waals surface area contributed by atoms with Crippen LogP contribution in [0.2, 0.25) is 0 Å². The molecule has 2 aromatic rings. The summed E-state index contributed by atoms with van der Waals surface area (Å²) in [5.41, 5.74) is 6.95. The molecule has 0 heterocycles. The average molecular weight is 281 g/mol. The summed E-state index contributed by atoms with van der Waals surface area (Å²) < 4.78 is 0. The van der Waals surface area contributed by atoms with Crippen molar-refractivity contribution < 1.29 is 5.11 Å². The molecular weight excluding hydrogens is 258 g/mol. The van der Waals surface area contributed by atoms with E-state index in [1.165, 1.54) is 27.8 Å². The van der Waals surface area contributed by atoms with Crippen LogP contribution in [0.15, 0.2) is 42.5 Å². The molecule has 0 spiro atoms. The molecule has 3 rings (SSSR count). The van der Waals surface area contributed by atoms with Gasteiger partial charge in [-0.15, -0.1) is 0 Å². The number of fused-ring (bicyclic) bond motifs is 3. The monoisotopic (exact) mass is 281 g/mol. The third-order valence-corrected chi connectivity index (χ3v) is 4.41. The van der Waals surface area contributed by atoms with E-state index in [0.717, 1.165) is 12.8 Å². The van der Waals surface area contributed by atoms with E-state index in [0.29, 0.717) is 12.1 Å². The minimum absolute atomic E-state index is 0.236. The Hall–Kier alpha value is -1.64. The first-order valence-corrected chi connectivity index (χ1v) is 7.77. The molecule has 1 aliphatic carbocycles. The number of hydrogen-bond donors (Lipinski definition) is 2. The molecule has 0 aromatic heterocycles. The van der Waals surface area contributed by atoms with Gasteiger partial charge in [-0.3, -0.25) is 0 Å². The second kappa shape index (κ2) is 6.00. The number of aliphatic hydroxyl groups excluding tert-OH is 1. The Bertz CT molecular complexity index is 635. The molecule has 0 fully saturated rings. The van der Waals surface area contributed by atoms with Crippen LogP contribution in [-0.4, -0.2) is 17.8 Å². The highest BCUT2D eigenvalue weighted by molar-refractivity contribution is 5.76. The SMILES string of the molecule is CC(CCO)NC(C)c1ccc2c(c1)Cc1ccccc1-2. The summed E-state index contributed by atoms with van der Waals surface area (Å²) in [5.74, 6) is 0. The van der Waals surface area contributed by atoms with Crippen LogP contribution in [0, 0.1) is 0 Å². The van der Waals surface area contributed by atoms with Gasteiger partial charge in [0.2, 0.25) is 0 Å². The summed E-state index contributed by atoms with van der Waals surface area (Å²) in [4.78, 5) is 0. The predicted molar refractivity (Wildman–Crippen MR) is 87.4 cm³/mol. The van der Waals surface area contributed by atoms with Gasteiger partial charge in [-0.1, -0.05) is 42.5 Å². The summed E-state index contributed by atoms with van der Waals surface area (Å²) in [6, 6.07) is 16.1. The minimum Gasteiger partial charge on any atom is -0.396 e. The van der Waals surface area contributed by atoms with Gasteiger partial charge in [0, 0.05) is 18.7 Å². The Morgan fingerprint density at radius 1 is 1.05 bits per heavy atom. The molecule has 2 N–H and O–H groups in total. The van der Waals surface area contributed by atoms with Crippen LogP contribution in [-0.2, 0) is 6.42 Å². The van der Waals surface area contributed by atoms with Crippen LogP contribution in [0.3, 0.4) is 0 Å². The number of benzene rings is 2. The summed E-state index contributed by atoms with van der Waals surface area (Å²) in [6.45, 7) is 4.55. The van der Waals surface area contributed by atoms with Gasteiger partial charge < -0.3 is 10.4 Å². The van der Waals surface area contributed by atoms with Crippen LogP contribution in [0.1, 0.15) is 43.0 Å². The van der Waals surface area contributed by atoms with Gasteiger partial charge >= 0.3 is 0 Å². The largest absolute Gasteiger partial charge is 0.396 e. The molecule has 1 aliphatic rings. The lowest BCUT2D eigenvalue weighted by Gasteiger charge is -2.20. The summed E-state index contributed by atoms with van der Waals surface area (Å²) >= 11 is 0. The van der Waals surface area contributed by atoms with E-state index in [-0.39, 0.29) is 6.61 Å². The van der Waals surface area contributed by atoms with Gasteiger partial charge in [-0.05, 0) is 54.5 Å². The first kappa shape index (κ1) is 14.3. The van der Waals surface area contributed by atoms with Crippen LogP contribution in [0.4, 0.5) is 0 Å². The molecule has 0 radical (unpaired) electrons. The Labute approximate surface area is 126 Å². The molecule has 2 aromatic carbocycles. The van der Waals surface area contributed by atoms with Gasteiger partial charge in [0.25, 0.3) is 0 Å². The fourth-order valence-corrected chi connectivity index (χ4v) is 3.23. The van der Waals surface area contributed by atoms with E-state index in [1.807, 2.05) is 0 Å². The molecule has 21 heavy (non-hydrogen) atoms. The molecule has 0 saturated heterocycles. The number of hydrogen-bond acceptors (Lipinski definition) is 2. The fourth-order valence-electron chi connectivity index (χ4n) is 3.23. The van der Waals surface area contributed by atoms with Crippen molar-refractivity contribution in [2.75, 3.05) is 6.61 Å². The molecule has 110 valence electrons. The van der Waals surface area contributed by atoms with Crippen molar-refractivity contribution in [1.82, 2.24) is 5.32 Å². The van der Waals surface area contributed by atoms with Crippen LogP contribution < -0.4 is 5.32 Å². The normalized spacial score (nSPS) is 15.4. The molecule has 2 atom stereocenters. The van der Waals surface area contributed by atoms with Gasteiger partial charge in [0.15, 0.2) is 0 Å². The van der Waals surface area contributed by atoms with E-state index in [4.69, 9.17) is 5.11 Å². The fraction of sp³-hybridized carbons (Fsp3) is 0.368. The van der Waals surface area contributed by atoms with Crippen molar-refractivity contribution in [2.45, 2.75) is 38.8 Å². The summed E-state index contributed by atoms with van der Waals surface area (Å²) in [7, 11) is 0. The van der Waals surface area contributed by atoms with Crippen molar-refractivity contribution in [3.05, 3.63) is 59.2 Å². The lowest BCUT2D eigenvalue weighted by Crippen LogP contribution is -2.29.